The molecule has 0 bridgehead atoms. The zero-order valence-corrected chi connectivity index (χ0v) is 20.2. The van der Waals surface area contributed by atoms with Crippen molar-refractivity contribution in [2.45, 2.75) is 46.0 Å². The Bertz CT molecular complexity index is 1030. The largest absolute Gasteiger partial charge is 0.494 e. The van der Waals surface area contributed by atoms with Gasteiger partial charge in [-0.3, -0.25) is 0 Å². The third-order valence-corrected chi connectivity index (χ3v) is 6.19. The smallest absolute Gasteiger partial charge is 0.253 e. The second kappa shape index (κ2) is 11.6. The predicted octanol–water partition coefficient (Wildman–Crippen LogP) is 5.43. The molecule has 3 aromatic rings. The van der Waals surface area contributed by atoms with Crippen LogP contribution in [0.3, 0.4) is 0 Å². The molecule has 2 heterocycles. The van der Waals surface area contributed by atoms with Crippen LogP contribution in [0.4, 0.5) is 5.95 Å². The van der Waals surface area contributed by atoms with Crippen molar-refractivity contribution in [2.24, 2.45) is 10.7 Å². The van der Waals surface area contributed by atoms with Crippen LogP contribution in [0.15, 0.2) is 41.5 Å². The van der Waals surface area contributed by atoms with Crippen LogP contribution in [-0.2, 0) is 0 Å². The number of nitrogens with zero attached hydrogens (tertiary/aromatic N) is 5. The molecule has 0 unspecified atom stereocenters. The summed E-state index contributed by atoms with van der Waals surface area (Å²) in [6, 6.07) is 10.0. The van der Waals surface area contributed by atoms with E-state index in [-0.39, 0.29) is 0 Å². The SMILES string of the molecule is CCCCCCCOc1ccc(-c2nc(C)c(-c3ccnc(/N=C(\N)N(C)C)n3)s2)cc1. The summed E-state index contributed by atoms with van der Waals surface area (Å²) in [5.41, 5.74) is 8.66. The summed E-state index contributed by atoms with van der Waals surface area (Å²) in [5, 5.41) is 0.945. The van der Waals surface area contributed by atoms with E-state index in [0.29, 0.717) is 11.9 Å². The third kappa shape index (κ3) is 6.50. The van der Waals surface area contributed by atoms with Gasteiger partial charge in [-0.1, -0.05) is 32.6 Å². The van der Waals surface area contributed by atoms with Gasteiger partial charge >= 0.3 is 0 Å². The highest BCUT2D eigenvalue weighted by Crippen LogP contribution is 2.35. The predicted molar refractivity (Wildman–Crippen MR) is 133 cm³/mol. The van der Waals surface area contributed by atoms with E-state index in [9.17, 15) is 0 Å². The lowest BCUT2D eigenvalue weighted by molar-refractivity contribution is 0.304. The van der Waals surface area contributed by atoms with Crippen molar-refractivity contribution in [3.8, 4) is 26.9 Å². The number of hydrogen-bond donors (Lipinski definition) is 1. The molecule has 0 radical (unpaired) electrons. The van der Waals surface area contributed by atoms with E-state index in [0.717, 1.165) is 45.6 Å². The van der Waals surface area contributed by atoms with Gasteiger partial charge in [0.05, 0.1) is 22.9 Å². The number of aliphatic imine (C=N–C) groups is 1. The number of hydrogen-bond acceptors (Lipinski definition) is 6. The lowest BCUT2D eigenvalue weighted by Crippen LogP contribution is -2.29. The first-order valence-corrected chi connectivity index (χ1v) is 11.8. The first-order valence-electron chi connectivity index (χ1n) is 11.0. The van der Waals surface area contributed by atoms with Crippen LogP contribution in [0.1, 0.15) is 44.7 Å². The van der Waals surface area contributed by atoms with E-state index in [4.69, 9.17) is 15.5 Å². The molecule has 0 amide bonds. The number of ether oxygens (including phenoxy) is 1. The van der Waals surface area contributed by atoms with E-state index in [1.54, 1.807) is 22.4 Å². The van der Waals surface area contributed by atoms with E-state index < -0.39 is 0 Å². The molecule has 1 aromatic carbocycles. The Hall–Kier alpha value is -3.00. The maximum atomic E-state index is 5.89. The van der Waals surface area contributed by atoms with Crippen LogP contribution in [0.25, 0.3) is 21.1 Å². The number of nitrogens with two attached hydrogens (primary N) is 1. The van der Waals surface area contributed by atoms with Gasteiger partial charge in [0.2, 0.25) is 0 Å². The highest BCUT2D eigenvalue weighted by atomic mass is 32.1. The van der Waals surface area contributed by atoms with E-state index in [1.165, 1.54) is 25.7 Å². The molecule has 0 aliphatic carbocycles. The molecule has 0 atom stereocenters. The Morgan fingerprint density at radius 2 is 1.81 bits per heavy atom. The summed E-state index contributed by atoms with van der Waals surface area (Å²) in [5.74, 6) is 1.58. The molecule has 3 rings (SSSR count). The minimum absolute atomic E-state index is 0.333. The quantitative estimate of drug-likeness (QED) is 0.250. The second-order valence-corrected chi connectivity index (χ2v) is 8.83. The van der Waals surface area contributed by atoms with Gasteiger partial charge in [-0.2, -0.15) is 4.99 Å². The van der Waals surface area contributed by atoms with Gasteiger partial charge in [0.15, 0.2) is 5.96 Å². The maximum absolute atomic E-state index is 5.89. The zero-order valence-electron chi connectivity index (χ0n) is 19.3. The molecule has 8 heteroatoms. The van der Waals surface area contributed by atoms with E-state index >= 15 is 0 Å². The van der Waals surface area contributed by atoms with Gasteiger partial charge in [-0.05, 0) is 43.7 Å². The van der Waals surface area contributed by atoms with Gasteiger partial charge in [-0.15, -0.1) is 11.3 Å². The lowest BCUT2D eigenvalue weighted by Gasteiger charge is -2.09. The molecular weight excluding hydrogens is 420 g/mol. The van der Waals surface area contributed by atoms with Crippen molar-refractivity contribution in [1.29, 1.82) is 0 Å². The minimum atomic E-state index is 0.333. The third-order valence-electron chi connectivity index (χ3n) is 4.96. The molecule has 0 saturated carbocycles. The van der Waals surface area contributed by atoms with Crippen LogP contribution in [0.5, 0.6) is 5.75 Å². The van der Waals surface area contributed by atoms with Crippen molar-refractivity contribution in [3.63, 3.8) is 0 Å². The molecule has 2 N–H and O–H groups in total. The van der Waals surface area contributed by atoms with Crippen molar-refractivity contribution in [2.75, 3.05) is 20.7 Å². The molecule has 0 fully saturated rings. The van der Waals surface area contributed by atoms with Gasteiger partial charge in [0.1, 0.15) is 10.8 Å². The Morgan fingerprint density at radius 1 is 1.06 bits per heavy atom. The van der Waals surface area contributed by atoms with Crippen LogP contribution in [0, 0.1) is 6.92 Å². The zero-order chi connectivity index (χ0) is 22.9. The van der Waals surface area contributed by atoms with Crippen LogP contribution >= 0.6 is 11.3 Å². The summed E-state index contributed by atoms with van der Waals surface area (Å²) >= 11 is 1.60. The van der Waals surface area contributed by atoms with Gasteiger partial charge in [-0.25, -0.2) is 15.0 Å². The molecular formula is C24H32N6OS. The van der Waals surface area contributed by atoms with E-state index in [1.807, 2.05) is 39.2 Å². The highest BCUT2D eigenvalue weighted by Gasteiger charge is 2.13. The molecule has 7 nitrogen and oxygen atoms in total. The monoisotopic (exact) mass is 452 g/mol. The van der Waals surface area contributed by atoms with Crippen molar-refractivity contribution in [1.82, 2.24) is 19.9 Å². The van der Waals surface area contributed by atoms with Crippen molar-refractivity contribution >= 4 is 23.2 Å². The minimum Gasteiger partial charge on any atom is -0.494 e. The molecule has 0 saturated heterocycles. The number of thiazole rings is 1. The summed E-state index contributed by atoms with van der Waals surface area (Å²) in [6.45, 7) is 4.98. The van der Waals surface area contributed by atoms with Gasteiger partial charge in [0, 0.05) is 25.9 Å². The van der Waals surface area contributed by atoms with Gasteiger partial charge < -0.3 is 15.4 Å². The maximum Gasteiger partial charge on any atom is 0.253 e. The Kier molecular flexibility index (Phi) is 8.56. The summed E-state index contributed by atoms with van der Waals surface area (Å²) in [4.78, 5) is 20.5. The molecule has 32 heavy (non-hydrogen) atoms. The molecule has 0 aliphatic rings. The molecule has 2 aromatic heterocycles. The number of aryl methyl sites for hydroxylation is 1. The number of unbranched alkanes of at least 4 members (excludes halogenated alkanes) is 4. The average molecular weight is 453 g/mol. The Balaban J connectivity index is 1.69. The normalized spacial score (nSPS) is 11.6. The summed E-state index contributed by atoms with van der Waals surface area (Å²) in [7, 11) is 3.65. The molecule has 0 aliphatic heterocycles. The first-order chi connectivity index (χ1) is 15.5. The lowest BCUT2D eigenvalue weighted by atomic mass is 10.2. The standard InChI is InChI=1S/C24H32N6OS/c1-5-6-7-8-9-16-31-19-12-10-18(11-13-19)22-27-17(2)21(32-22)20-14-15-26-24(28-20)29-23(25)30(3)4/h10-15H,5-9,16H2,1-4H3,(H2,25,26,28,29). The van der Waals surface area contributed by atoms with Gasteiger partial charge in [0.25, 0.3) is 5.95 Å². The Labute approximate surface area is 194 Å². The topological polar surface area (TPSA) is 89.5 Å². The highest BCUT2D eigenvalue weighted by molar-refractivity contribution is 7.18. The number of guanidine groups is 1. The fourth-order valence-corrected chi connectivity index (χ4v) is 4.12. The number of benzene rings is 1. The first kappa shape index (κ1) is 23.7. The van der Waals surface area contributed by atoms with Crippen molar-refractivity contribution < 1.29 is 4.74 Å². The summed E-state index contributed by atoms with van der Waals surface area (Å²) < 4.78 is 5.88. The second-order valence-electron chi connectivity index (χ2n) is 7.83. The van der Waals surface area contributed by atoms with Crippen molar-refractivity contribution in [3.05, 3.63) is 42.2 Å². The molecule has 170 valence electrons. The fourth-order valence-electron chi connectivity index (χ4n) is 3.08. The summed E-state index contributed by atoms with van der Waals surface area (Å²) in [6.07, 6.45) is 7.87. The van der Waals surface area contributed by atoms with Crippen LogP contribution < -0.4 is 10.5 Å². The average Bonchev–Trinajstić information content (AvgIpc) is 3.18. The van der Waals surface area contributed by atoms with E-state index in [2.05, 4.69) is 34.0 Å². The van der Waals surface area contributed by atoms with Crippen LogP contribution in [-0.4, -0.2) is 46.5 Å². The van der Waals surface area contributed by atoms with Crippen LogP contribution in [0.2, 0.25) is 0 Å². The fraction of sp³-hybridized carbons (Fsp3) is 0.417. The number of aromatic nitrogens is 3. The number of rotatable bonds is 10. The molecule has 0 spiro atoms. The Morgan fingerprint density at radius 3 is 2.53 bits per heavy atom.